The minimum Gasteiger partial charge on any atom is -0.351 e. The third-order valence-corrected chi connectivity index (χ3v) is 4.93. The van der Waals surface area contributed by atoms with Crippen LogP contribution in [0, 0.1) is 13.8 Å². The molecule has 0 saturated carbocycles. The fraction of sp³-hybridized carbons (Fsp3) is 0.304. The Balaban J connectivity index is 0.000000158. The summed E-state index contributed by atoms with van der Waals surface area (Å²) in [6.07, 6.45) is 4.33. The van der Waals surface area contributed by atoms with Crippen LogP contribution in [0.5, 0.6) is 0 Å². The van der Waals surface area contributed by atoms with Gasteiger partial charge in [-0.1, -0.05) is 24.3 Å². The van der Waals surface area contributed by atoms with E-state index in [0.717, 1.165) is 6.54 Å². The highest BCUT2D eigenvalue weighted by Gasteiger charge is 2.08. The molecule has 0 N–H and O–H groups in total. The first kappa shape index (κ1) is 18.3. The maximum Gasteiger partial charge on any atom is 0.0483 e. The Hall–Kier alpha value is -2.52. The van der Waals surface area contributed by atoms with E-state index in [2.05, 4.69) is 111 Å². The van der Waals surface area contributed by atoms with E-state index in [-0.39, 0.29) is 0 Å². The van der Waals surface area contributed by atoms with Gasteiger partial charge < -0.3 is 14.0 Å². The van der Waals surface area contributed by atoms with Gasteiger partial charge in [0.25, 0.3) is 0 Å². The molecule has 0 fully saturated rings. The third kappa shape index (κ3) is 3.54. The molecule has 0 atom stereocenters. The minimum atomic E-state index is 1.00. The molecule has 4 rings (SSSR count). The Labute approximate surface area is 156 Å². The highest BCUT2D eigenvalue weighted by atomic mass is 15.1. The van der Waals surface area contributed by atoms with Gasteiger partial charge in [-0.3, -0.25) is 0 Å². The molecule has 4 aromatic rings. The largest absolute Gasteiger partial charge is 0.351 e. The number of hydrogen-bond acceptors (Lipinski definition) is 1. The van der Waals surface area contributed by atoms with Crippen molar-refractivity contribution in [3.05, 3.63) is 71.5 Å². The monoisotopic (exact) mass is 347 g/mol. The quantitative estimate of drug-likeness (QED) is 0.495. The molecule has 0 aliphatic carbocycles. The second kappa shape index (κ2) is 7.38. The second-order valence-electron chi connectivity index (χ2n) is 7.41. The standard InChI is InChI=1S/C13H18N2.C10H11N/c1-10-6-5-7-12-13(10)11(8-14(2)3)9-15(12)4;1-8-4-3-5-10-9(8)6-7-11(10)2/h5-7,9H,8H2,1-4H3;3-7H,1-2H3. The Morgan fingerprint density at radius 3 is 2.12 bits per heavy atom. The van der Waals surface area contributed by atoms with Crippen LogP contribution >= 0.6 is 0 Å². The van der Waals surface area contributed by atoms with Crippen LogP contribution in [0.15, 0.2) is 54.9 Å². The molecule has 0 aliphatic heterocycles. The van der Waals surface area contributed by atoms with Gasteiger partial charge in [-0.25, -0.2) is 0 Å². The zero-order chi connectivity index (χ0) is 18.8. The normalized spacial score (nSPS) is 11.2. The van der Waals surface area contributed by atoms with Crippen LogP contribution in [-0.4, -0.2) is 28.1 Å². The van der Waals surface area contributed by atoms with Gasteiger partial charge in [-0.15, -0.1) is 0 Å². The number of fused-ring (bicyclic) bond motifs is 2. The highest BCUT2D eigenvalue weighted by molar-refractivity contribution is 5.87. The minimum absolute atomic E-state index is 1.00. The summed E-state index contributed by atoms with van der Waals surface area (Å²) in [5.41, 5.74) is 6.76. The number of rotatable bonds is 2. The lowest BCUT2D eigenvalue weighted by Gasteiger charge is -2.08. The summed E-state index contributed by atoms with van der Waals surface area (Å²) in [4.78, 5) is 2.21. The van der Waals surface area contributed by atoms with Crippen molar-refractivity contribution in [1.29, 1.82) is 0 Å². The van der Waals surface area contributed by atoms with E-state index in [1.54, 1.807) is 0 Å². The number of nitrogens with zero attached hydrogens (tertiary/aromatic N) is 3. The molecule has 2 heterocycles. The molecule has 136 valence electrons. The summed E-state index contributed by atoms with van der Waals surface area (Å²) in [6.45, 7) is 5.33. The van der Waals surface area contributed by atoms with Crippen LogP contribution in [0.1, 0.15) is 16.7 Å². The zero-order valence-corrected chi connectivity index (χ0v) is 16.7. The molecular weight excluding hydrogens is 318 g/mol. The predicted molar refractivity (Wildman–Crippen MR) is 113 cm³/mol. The maximum absolute atomic E-state index is 2.23. The molecule has 0 amide bonds. The lowest BCUT2D eigenvalue weighted by atomic mass is 10.1. The second-order valence-corrected chi connectivity index (χ2v) is 7.41. The van der Waals surface area contributed by atoms with Gasteiger partial charge >= 0.3 is 0 Å². The van der Waals surface area contributed by atoms with Crippen molar-refractivity contribution >= 4 is 21.8 Å². The molecule has 0 aliphatic rings. The molecule has 0 spiro atoms. The summed E-state index contributed by atoms with van der Waals surface area (Å²) in [5.74, 6) is 0. The summed E-state index contributed by atoms with van der Waals surface area (Å²) in [5, 5.41) is 2.77. The van der Waals surface area contributed by atoms with E-state index < -0.39 is 0 Å². The van der Waals surface area contributed by atoms with Gasteiger partial charge in [0.2, 0.25) is 0 Å². The Kier molecular flexibility index (Phi) is 5.19. The molecule has 2 aromatic heterocycles. The van der Waals surface area contributed by atoms with E-state index in [1.807, 2.05) is 0 Å². The molecule has 26 heavy (non-hydrogen) atoms. The van der Waals surface area contributed by atoms with Gasteiger partial charge in [-0.05, 0) is 62.8 Å². The van der Waals surface area contributed by atoms with Crippen molar-refractivity contribution in [2.24, 2.45) is 14.1 Å². The van der Waals surface area contributed by atoms with E-state index in [4.69, 9.17) is 0 Å². The molecule has 0 radical (unpaired) electrons. The lowest BCUT2D eigenvalue weighted by Crippen LogP contribution is -2.10. The van der Waals surface area contributed by atoms with Crippen molar-refractivity contribution in [1.82, 2.24) is 14.0 Å². The third-order valence-electron chi connectivity index (χ3n) is 4.93. The Morgan fingerprint density at radius 1 is 0.808 bits per heavy atom. The summed E-state index contributed by atoms with van der Waals surface area (Å²) in [7, 11) is 8.40. The zero-order valence-electron chi connectivity index (χ0n) is 16.7. The first-order valence-corrected chi connectivity index (χ1v) is 9.07. The average Bonchev–Trinajstić information content (AvgIpc) is 3.11. The van der Waals surface area contributed by atoms with Crippen molar-refractivity contribution in [3.8, 4) is 0 Å². The van der Waals surface area contributed by atoms with Crippen molar-refractivity contribution in [3.63, 3.8) is 0 Å². The van der Waals surface area contributed by atoms with Crippen LogP contribution in [0.3, 0.4) is 0 Å². The first-order valence-electron chi connectivity index (χ1n) is 9.07. The van der Waals surface area contributed by atoms with E-state index in [0.29, 0.717) is 0 Å². The predicted octanol–water partition coefficient (Wildman–Crippen LogP) is 5.04. The van der Waals surface area contributed by atoms with Crippen LogP contribution in [-0.2, 0) is 20.6 Å². The topological polar surface area (TPSA) is 13.1 Å². The summed E-state index contributed by atoms with van der Waals surface area (Å²) >= 11 is 0. The van der Waals surface area contributed by atoms with E-state index in [1.165, 1.54) is 38.5 Å². The van der Waals surface area contributed by atoms with Gasteiger partial charge in [0, 0.05) is 54.8 Å². The van der Waals surface area contributed by atoms with Crippen LogP contribution in [0.25, 0.3) is 21.8 Å². The SMILES string of the molecule is Cc1cccc2c1c(CN(C)C)cn2C.Cc1cccc2c1ccn2C. The number of hydrogen-bond donors (Lipinski definition) is 0. The van der Waals surface area contributed by atoms with Crippen LogP contribution < -0.4 is 0 Å². The van der Waals surface area contributed by atoms with E-state index >= 15 is 0 Å². The maximum atomic E-state index is 2.23. The van der Waals surface area contributed by atoms with Gasteiger partial charge in [-0.2, -0.15) is 0 Å². The van der Waals surface area contributed by atoms with Crippen molar-refractivity contribution in [2.45, 2.75) is 20.4 Å². The van der Waals surface area contributed by atoms with Gasteiger partial charge in [0.15, 0.2) is 0 Å². The molecular formula is C23H29N3. The molecule has 3 heteroatoms. The summed E-state index contributed by atoms with van der Waals surface area (Å²) < 4.78 is 4.35. The smallest absolute Gasteiger partial charge is 0.0483 e. The van der Waals surface area contributed by atoms with E-state index in [9.17, 15) is 0 Å². The molecule has 0 bridgehead atoms. The fourth-order valence-corrected chi connectivity index (χ4v) is 3.65. The van der Waals surface area contributed by atoms with Crippen LogP contribution in [0.2, 0.25) is 0 Å². The molecule has 2 aromatic carbocycles. The number of aromatic nitrogens is 2. The van der Waals surface area contributed by atoms with Crippen LogP contribution in [0.4, 0.5) is 0 Å². The number of benzene rings is 2. The molecule has 0 unspecified atom stereocenters. The average molecular weight is 348 g/mol. The highest BCUT2D eigenvalue weighted by Crippen LogP contribution is 2.24. The molecule has 3 nitrogen and oxygen atoms in total. The number of aryl methyl sites for hydroxylation is 4. The fourth-order valence-electron chi connectivity index (χ4n) is 3.65. The Bertz CT molecular complexity index is 1030. The molecule has 0 saturated heterocycles. The Morgan fingerprint density at radius 2 is 1.46 bits per heavy atom. The van der Waals surface area contributed by atoms with Crippen molar-refractivity contribution < 1.29 is 0 Å². The first-order chi connectivity index (χ1) is 12.4. The summed E-state index contributed by atoms with van der Waals surface area (Å²) in [6, 6.07) is 15.0. The van der Waals surface area contributed by atoms with Gasteiger partial charge in [0.05, 0.1) is 0 Å². The van der Waals surface area contributed by atoms with Gasteiger partial charge in [0.1, 0.15) is 0 Å². The lowest BCUT2D eigenvalue weighted by molar-refractivity contribution is 0.403. The van der Waals surface area contributed by atoms with Crippen molar-refractivity contribution in [2.75, 3.05) is 14.1 Å².